The van der Waals surface area contributed by atoms with Gasteiger partial charge in [-0.25, -0.2) is 15.0 Å². The number of imidazole rings is 2. The third kappa shape index (κ3) is 4.71. The number of benzene rings is 1. The van der Waals surface area contributed by atoms with Crippen molar-refractivity contribution in [3.8, 4) is 5.82 Å². The first-order valence-corrected chi connectivity index (χ1v) is 10.1. The van der Waals surface area contributed by atoms with Gasteiger partial charge in [-0.3, -0.25) is 14.2 Å². The number of hydrogen-bond acceptors (Lipinski definition) is 7. The van der Waals surface area contributed by atoms with Gasteiger partial charge in [-0.2, -0.15) is 4.98 Å². The summed E-state index contributed by atoms with van der Waals surface area (Å²) in [5, 5.41) is 5.67. The second-order valence-corrected chi connectivity index (χ2v) is 7.60. The van der Waals surface area contributed by atoms with E-state index in [0.29, 0.717) is 28.8 Å². The summed E-state index contributed by atoms with van der Waals surface area (Å²) in [4.78, 5) is 43.8. The van der Waals surface area contributed by atoms with Gasteiger partial charge in [0.1, 0.15) is 23.5 Å². The lowest BCUT2D eigenvalue weighted by molar-refractivity contribution is 0.101. The van der Waals surface area contributed by atoms with Crippen LogP contribution < -0.4 is 15.5 Å². The number of carbonyl (C=O) groups excluding carboxylic acids is 2. The summed E-state index contributed by atoms with van der Waals surface area (Å²) in [5.41, 5.74) is 2.62. The quantitative estimate of drug-likeness (QED) is 0.467. The van der Waals surface area contributed by atoms with Crippen LogP contribution in [0.15, 0.2) is 55.5 Å². The summed E-state index contributed by atoms with van der Waals surface area (Å²) in [6, 6.07) is 7.01. The van der Waals surface area contributed by atoms with Gasteiger partial charge in [0.2, 0.25) is 5.95 Å². The third-order valence-electron chi connectivity index (χ3n) is 4.90. The minimum Gasteiger partial charge on any atom is -0.347 e. The van der Waals surface area contributed by atoms with E-state index in [1.165, 1.54) is 12.5 Å². The molecule has 0 saturated heterocycles. The predicted octanol–water partition coefficient (Wildman–Crippen LogP) is 2.27. The van der Waals surface area contributed by atoms with Crippen LogP contribution >= 0.6 is 0 Å². The molecule has 0 unspecified atom stereocenters. The standard InChI is InChI=1S/C22H23N9O2/c1-14-5-6-15(9-16(14)27-21(33)18-10-23-12-30(18)4)26-20(32)17-11-31(13-25-17)19-7-8-24-22(28-19)29(2)3/h5-13H,1-4H3,(H,26,32)(H,27,33). The lowest BCUT2D eigenvalue weighted by Gasteiger charge is -2.11. The molecule has 0 fully saturated rings. The van der Waals surface area contributed by atoms with Gasteiger partial charge < -0.3 is 20.1 Å². The number of amides is 2. The van der Waals surface area contributed by atoms with E-state index in [2.05, 4.69) is 30.6 Å². The summed E-state index contributed by atoms with van der Waals surface area (Å²) in [5.74, 6) is 0.467. The lowest BCUT2D eigenvalue weighted by atomic mass is 10.1. The smallest absolute Gasteiger partial charge is 0.275 e. The van der Waals surface area contributed by atoms with Crippen molar-refractivity contribution in [2.75, 3.05) is 29.6 Å². The molecule has 0 atom stereocenters. The zero-order valence-corrected chi connectivity index (χ0v) is 18.6. The van der Waals surface area contributed by atoms with Crippen molar-refractivity contribution < 1.29 is 9.59 Å². The molecular weight excluding hydrogens is 422 g/mol. The first-order chi connectivity index (χ1) is 15.8. The number of aryl methyl sites for hydroxylation is 2. The molecule has 4 aromatic rings. The molecule has 2 N–H and O–H groups in total. The topological polar surface area (TPSA) is 123 Å². The molecule has 3 heterocycles. The molecule has 11 heteroatoms. The van der Waals surface area contributed by atoms with Gasteiger partial charge >= 0.3 is 0 Å². The Morgan fingerprint density at radius 2 is 1.85 bits per heavy atom. The van der Waals surface area contributed by atoms with Crippen LogP contribution in [-0.2, 0) is 7.05 Å². The number of carbonyl (C=O) groups is 2. The van der Waals surface area contributed by atoms with Gasteiger partial charge in [-0.15, -0.1) is 0 Å². The van der Waals surface area contributed by atoms with E-state index in [1.54, 1.807) is 58.0 Å². The number of anilines is 3. The fourth-order valence-electron chi connectivity index (χ4n) is 3.06. The van der Waals surface area contributed by atoms with Crippen LogP contribution in [0.5, 0.6) is 0 Å². The number of rotatable bonds is 6. The van der Waals surface area contributed by atoms with Crippen molar-refractivity contribution >= 4 is 29.1 Å². The summed E-state index contributed by atoms with van der Waals surface area (Å²) >= 11 is 0. The number of nitrogens with one attached hydrogen (secondary N) is 2. The molecule has 0 aliphatic carbocycles. The van der Waals surface area contributed by atoms with Gasteiger partial charge in [0, 0.05) is 44.9 Å². The second kappa shape index (κ2) is 8.91. The Kier molecular flexibility index (Phi) is 5.85. The van der Waals surface area contributed by atoms with Crippen LogP contribution in [0, 0.1) is 6.92 Å². The Labute approximate surface area is 190 Å². The molecule has 33 heavy (non-hydrogen) atoms. The fraction of sp³-hybridized carbons (Fsp3) is 0.182. The van der Waals surface area contributed by atoms with E-state index >= 15 is 0 Å². The van der Waals surface area contributed by atoms with E-state index < -0.39 is 0 Å². The molecule has 4 rings (SSSR count). The van der Waals surface area contributed by atoms with Crippen molar-refractivity contribution in [1.82, 2.24) is 29.1 Å². The van der Waals surface area contributed by atoms with Crippen molar-refractivity contribution in [3.05, 3.63) is 72.5 Å². The molecule has 0 radical (unpaired) electrons. The molecule has 168 valence electrons. The molecule has 0 spiro atoms. The van der Waals surface area contributed by atoms with Crippen LogP contribution in [0.3, 0.4) is 0 Å². The predicted molar refractivity (Wildman–Crippen MR) is 124 cm³/mol. The van der Waals surface area contributed by atoms with Crippen LogP contribution in [0.4, 0.5) is 17.3 Å². The van der Waals surface area contributed by atoms with Crippen LogP contribution in [0.2, 0.25) is 0 Å². The number of nitrogens with zero attached hydrogens (tertiary/aromatic N) is 7. The average molecular weight is 445 g/mol. The Balaban J connectivity index is 1.49. The largest absolute Gasteiger partial charge is 0.347 e. The number of hydrogen-bond donors (Lipinski definition) is 2. The molecule has 11 nitrogen and oxygen atoms in total. The highest BCUT2D eigenvalue weighted by atomic mass is 16.2. The first kappa shape index (κ1) is 21.7. The SMILES string of the molecule is Cc1ccc(NC(=O)c2cn(-c3ccnc(N(C)C)n3)cn2)cc1NC(=O)c1cncn1C. The summed E-state index contributed by atoms with van der Waals surface area (Å²) in [6.45, 7) is 1.87. The van der Waals surface area contributed by atoms with Gasteiger partial charge in [-0.05, 0) is 30.7 Å². The second-order valence-electron chi connectivity index (χ2n) is 7.60. The Bertz CT molecular complexity index is 1320. The van der Waals surface area contributed by atoms with E-state index in [-0.39, 0.29) is 17.5 Å². The molecule has 0 bridgehead atoms. The Hall–Kier alpha value is -4.54. The van der Waals surface area contributed by atoms with Crippen LogP contribution in [0.25, 0.3) is 5.82 Å². The summed E-state index contributed by atoms with van der Waals surface area (Å²) in [6.07, 6.45) is 7.80. The normalized spacial score (nSPS) is 10.7. The highest BCUT2D eigenvalue weighted by Crippen LogP contribution is 2.22. The highest BCUT2D eigenvalue weighted by Gasteiger charge is 2.15. The molecule has 2 amide bonds. The maximum atomic E-state index is 12.8. The minimum absolute atomic E-state index is 0.223. The van der Waals surface area contributed by atoms with Gasteiger partial charge in [0.25, 0.3) is 11.8 Å². The molecule has 0 saturated carbocycles. The minimum atomic E-state index is -0.386. The van der Waals surface area contributed by atoms with E-state index in [9.17, 15) is 9.59 Å². The van der Waals surface area contributed by atoms with E-state index in [1.807, 2.05) is 27.1 Å². The van der Waals surface area contributed by atoms with Crippen molar-refractivity contribution in [2.45, 2.75) is 6.92 Å². The van der Waals surface area contributed by atoms with Gasteiger partial charge in [0.05, 0.1) is 12.5 Å². The maximum absolute atomic E-state index is 12.8. The van der Waals surface area contributed by atoms with E-state index in [0.717, 1.165) is 5.56 Å². The van der Waals surface area contributed by atoms with Gasteiger partial charge in [-0.1, -0.05) is 6.07 Å². The molecule has 0 aliphatic heterocycles. The monoisotopic (exact) mass is 445 g/mol. The zero-order valence-electron chi connectivity index (χ0n) is 18.6. The Morgan fingerprint density at radius 1 is 1.03 bits per heavy atom. The zero-order chi connectivity index (χ0) is 23.5. The van der Waals surface area contributed by atoms with Crippen molar-refractivity contribution in [2.24, 2.45) is 7.05 Å². The highest BCUT2D eigenvalue weighted by molar-refractivity contribution is 6.05. The van der Waals surface area contributed by atoms with Crippen molar-refractivity contribution in [1.29, 1.82) is 0 Å². The fourth-order valence-corrected chi connectivity index (χ4v) is 3.06. The van der Waals surface area contributed by atoms with E-state index in [4.69, 9.17) is 0 Å². The average Bonchev–Trinajstić information content (AvgIpc) is 3.45. The Morgan fingerprint density at radius 3 is 2.58 bits per heavy atom. The van der Waals surface area contributed by atoms with Gasteiger partial charge in [0.15, 0.2) is 0 Å². The van der Waals surface area contributed by atoms with Crippen LogP contribution in [0.1, 0.15) is 26.5 Å². The molecule has 1 aromatic carbocycles. The van der Waals surface area contributed by atoms with Crippen LogP contribution in [-0.4, -0.2) is 55.0 Å². The molecule has 3 aromatic heterocycles. The lowest BCUT2D eigenvalue weighted by Crippen LogP contribution is -2.17. The maximum Gasteiger partial charge on any atom is 0.275 e. The third-order valence-corrected chi connectivity index (χ3v) is 4.90. The summed E-state index contributed by atoms with van der Waals surface area (Å²) < 4.78 is 3.28. The molecule has 0 aliphatic rings. The van der Waals surface area contributed by atoms with Crippen molar-refractivity contribution in [3.63, 3.8) is 0 Å². The first-order valence-electron chi connectivity index (χ1n) is 10.1. The summed E-state index contributed by atoms with van der Waals surface area (Å²) in [7, 11) is 5.44. The number of aromatic nitrogens is 6. The molecular formula is C22H23N9O2.